The first-order valence-corrected chi connectivity index (χ1v) is 16.6. The molecule has 0 saturated carbocycles. The summed E-state index contributed by atoms with van der Waals surface area (Å²) >= 11 is 6.11. The maximum atomic E-state index is 14.3. The number of nitrogens with one attached hydrogen (secondary N) is 1. The molecule has 0 spiro atoms. The summed E-state index contributed by atoms with van der Waals surface area (Å²) in [6, 6.07) is 2.60. The van der Waals surface area contributed by atoms with Crippen molar-refractivity contribution in [3.8, 4) is 5.75 Å². The molecule has 5 heterocycles. The molecule has 1 aromatic carbocycles. The van der Waals surface area contributed by atoms with E-state index in [2.05, 4.69) is 25.3 Å². The van der Waals surface area contributed by atoms with Crippen molar-refractivity contribution < 1.29 is 33.0 Å². The molecule has 270 valence electrons. The quantitative estimate of drug-likeness (QED) is 0.255. The van der Waals surface area contributed by atoms with Gasteiger partial charge in [-0.15, -0.1) is 0 Å². The Labute approximate surface area is 294 Å². The Bertz CT molecular complexity index is 2080. The molecule has 3 N–H and O–H groups in total. The third-order valence-corrected chi connectivity index (χ3v) is 9.41. The second-order valence-electron chi connectivity index (χ2n) is 12.8. The normalized spacial score (nSPS) is 18.1. The number of amides is 2. The van der Waals surface area contributed by atoms with E-state index in [4.69, 9.17) is 11.6 Å². The van der Waals surface area contributed by atoms with E-state index in [-0.39, 0.29) is 90.4 Å². The number of benzene rings is 1. The predicted octanol–water partition coefficient (Wildman–Crippen LogP) is 3.39. The van der Waals surface area contributed by atoms with E-state index in [1.165, 1.54) is 17.4 Å². The highest BCUT2D eigenvalue weighted by atomic mass is 35.5. The minimum Gasteiger partial charge on any atom is -0.504 e. The van der Waals surface area contributed by atoms with Gasteiger partial charge in [0, 0.05) is 45.0 Å². The number of hydrogen-bond acceptors (Lipinski definition) is 11. The fourth-order valence-corrected chi connectivity index (χ4v) is 6.63. The number of hydrogen-bond donors (Lipinski definition) is 3. The number of rotatable bonds is 7. The van der Waals surface area contributed by atoms with Crippen molar-refractivity contribution >= 4 is 51.8 Å². The van der Waals surface area contributed by atoms with Crippen molar-refractivity contribution in [1.82, 2.24) is 29.4 Å². The molecular formula is C33H35ClF3N9O5. The Morgan fingerprint density at radius 3 is 2.43 bits per heavy atom. The lowest BCUT2D eigenvalue weighted by molar-refractivity contribution is -0.137. The molecule has 0 radical (unpaired) electrons. The summed E-state index contributed by atoms with van der Waals surface area (Å²) in [5.41, 5.74) is -1.43. The number of fused-ring (bicyclic) bond motifs is 1. The van der Waals surface area contributed by atoms with E-state index in [0.29, 0.717) is 24.5 Å². The SMILES string of the molecule is CCc1c(N2CCN(C(=O)c3ncnc(C)c3O)CC2)c(=O)c2nc(N3CCC(C)(O)C3)cnc2n1CC(=O)Nc1ccc(C(F)(F)F)cc1Cl. The number of alkyl halides is 3. The monoisotopic (exact) mass is 729 g/mol. The number of aromatic nitrogens is 5. The molecule has 0 aliphatic carbocycles. The van der Waals surface area contributed by atoms with Crippen molar-refractivity contribution in [3.05, 3.63) is 68.6 Å². The lowest BCUT2D eigenvalue weighted by atomic mass is 10.1. The van der Waals surface area contributed by atoms with E-state index in [9.17, 15) is 37.8 Å². The number of nitrogens with zero attached hydrogens (tertiary/aromatic N) is 8. The average Bonchev–Trinajstić information content (AvgIpc) is 3.46. The summed E-state index contributed by atoms with van der Waals surface area (Å²) in [4.78, 5) is 63.3. The van der Waals surface area contributed by atoms with Crippen molar-refractivity contribution in [2.24, 2.45) is 0 Å². The molecule has 1 atom stereocenters. The lowest BCUT2D eigenvalue weighted by Gasteiger charge is -2.37. The van der Waals surface area contributed by atoms with Crippen LogP contribution in [-0.2, 0) is 23.9 Å². The van der Waals surface area contributed by atoms with Crippen molar-refractivity contribution in [2.45, 2.75) is 51.9 Å². The Morgan fingerprint density at radius 2 is 1.80 bits per heavy atom. The van der Waals surface area contributed by atoms with Crippen LogP contribution in [0.1, 0.15) is 47.7 Å². The Kier molecular flexibility index (Phi) is 9.54. The van der Waals surface area contributed by atoms with Gasteiger partial charge in [-0.1, -0.05) is 18.5 Å². The topological polar surface area (TPSA) is 170 Å². The van der Waals surface area contributed by atoms with Crippen LogP contribution in [0, 0.1) is 6.92 Å². The third-order valence-electron chi connectivity index (χ3n) is 9.10. The average molecular weight is 730 g/mol. The van der Waals surface area contributed by atoms with Gasteiger partial charge in [0.25, 0.3) is 5.91 Å². The Balaban J connectivity index is 1.36. The van der Waals surface area contributed by atoms with Gasteiger partial charge < -0.3 is 34.8 Å². The highest BCUT2D eigenvalue weighted by Crippen LogP contribution is 2.34. The van der Waals surface area contributed by atoms with E-state index >= 15 is 0 Å². The fourth-order valence-electron chi connectivity index (χ4n) is 6.40. The molecule has 14 nitrogen and oxygen atoms in total. The van der Waals surface area contributed by atoms with Gasteiger partial charge in [-0.2, -0.15) is 13.2 Å². The molecule has 3 aromatic heterocycles. The molecule has 0 bridgehead atoms. The summed E-state index contributed by atoms with van der Waals surface area (Å²) in [7, 11) is 0. The minimum absolute atomic E-state index is 0.0218. The van der Waals surface area contributed by atoms with Crippen molar-refractivity contribution in [1.29, 1.82) is 0 Å². The van der Waals surface area contributed by atoms with Gasteiger partial charge in [0.05, 0.1) is 33.8 Å². The minimum atomic E-state index is -4.62. The van der Waals surface area contributed by atoms with Crippen LogP contribution in [-0.4, -0.2) is 96.3 Å². The smallest absolute Gasteiger partial charge is 0.416 e. The Morgan fingerprint density at radius 1 is 1.08 bits per heavy atom. The van der Waals surface area contributed by atoms with Crippen LogP contribution in [0.15, 0.2) is 35.5 Å². The zero-order chi connectivity index (χ0) is 36.8. The molecule has 2 amide bonds. The summed E-state index contributed by atoms with van der Waals surface area (Å²) in [6.07, 6.45) is -1.19. The fraction of sp³-hybridized carbons (Fsp3) is 0.424. The van der Waals surface area contributed by atoms with Gasteiger partial charge >= 0.3 is 6.18 Å². The number of aliphatic hydroxyl groups is 1. The maximum Gasteiger partial charge on any atom is 0.416 e. The maximum absolute atomic E-state index is 14.3. The van der Waals surface area contributed by atoms with Crippen molar-refractivity contribution in [2.75, 3.05) is 54.4 Å². The van der Waals surface area contributed by atoms with Crippen LogP contribution in [0.3, 0.4) is 0 Å². The molecule has 2 fully saturated rings. The van der Waals surface area contributed by atoms with Gasteiger partial charge in [-0.05, 0) is 44.9 Å². The first-order chi connectivity index (χ1) is 24.1. The van der Waals surface area contributed by atoms with Gasteiger partial charge in [0.1, 0.15) is 24.4 Å². The third kappa shape index (κ3) is 7.12. The highest BCUT2D eigenvalue weighted by Gasteiger charge is 2.34. The highest BCUT2D eigenvalue weighted by molar-refractivity contribution is 6.33. The number of β-amino-alcohol motifs (C(OH)–C–C–N with tert-alkyl or cyclic N) is 1. The number of aromatic hydroxyl groups is 1. The zero-order valence-electron chi connectivity index (χ0n) is 28.0. The Hall–Kier alpha value is -5.03. The summed E-state index contributed by atoms with van der Waals surface area (Å²) in [5.74, 6) is -1.06. The van der Waals surface area contributed by atoms with Crippen LogP contribution >= 0.6 is 11.6 Å². The van der Waals surface area contributed by atoms with E-state index < -0.39 is 34.6 Å². The number of carbonyl (C=O) groups excluding carboxylic acids is 2. The summed E-state index contributed by atoms with van der Waals surface area (Å²) < 4.78 is 41.1. The van der Waals surface area contributed by atoms with Crippen LogP contribution in [0.2, 0.25) is 5.02 Å². The first-order valence-electron chi connectivity index (χ1n) is 16.2. The standard InChI is InChI=1S/C33H35ClF3N9O5/c1-4-22-27(43-9-11-44(12-10-43)31(50)26-28(48)18(2)39-17-40-26)29(49)25-30(38-14-23(42-25)45-8-7-32(3,51)16-45)46(22)15-24(47)41-21-6-5-19(13-20(21)34)33(35,36)37/h5-6,13-14,17,48,51H,4,7-12,15-16H2,1-3H3,(H,41,47). The molecule has 4 aromatic rings. The van der Waals surface area contributed by atoms with E-state index in [1.54, 1.807) is 25.3 Å². The summed E-state index contributed by atoms with van der Waals surface area (Å²) in [5, 5.41) is 23.2. The van der Waals surface area contributed by atoms with Gasteiger partial charge in [0.15, 0.2) is 22.6 Å². The molecule has 18 heteroatoms. The predicted molar refractivity (Wildman–Crippen MR) is 182 cm³/mol. The van der Waals surface area contributed by atoms with Crippen LogP contribution < -0.4 is 20.5 Å². The van der Waals surface area contributed by atoms with Gasteiger partial charge in [0.2, 0.25) is 11.3 Å². The van der Waals surface area contributed by atoms with E-state index in [0.717, 1.165) is 18.2 Å². The first kappa shape index (κ1) is 35.8. The second kappa shape index (κ2) is 13.6. The summed E-state index contributed by atoms with van der Waals surface area (Å²) in [6.45, 7) is 6.25. The molecule has 2 saturated heterocycles. The van der Waals surface area contributed by atoms with E-state index in [1.807, 2.05) is 9.80 Å². The molecule has 2 aliphatic heterocycles. The van der Waals surface area contributed by atoms with Crippen LogP contribution in [0.4, 0.5) is 30.4 Å². The molecule has 1 unspecified atom stereocenters. The number of carbonyl (C=O) groups is 2. The number of aryl methyl sites for hydroxylation is 1. The van der Waals surface area contributed by atoms with Crippen molar-refractivity contribution in [3.63, 3.8) is 0 Å². The van der Waals surface area contributed by atoms with Crippen LogP contribution in [0.25, 0.3) is 11.2 Å². The largest absolute Gasteiger partial charge is 0.504 e. The number of halogens is 4. The van der Waals surface area contributed by atoms with Gasteiger partial charge in [-0.25, -0.2) is 19.9 Å². The molecule has 2 aliphatic rings. The second-order valence-corrected chi connectivity index (χ2v) is 13.2. The van der Waals surface area contributed by atoms with Crippen LogP contribution in [0.5, 0.6) is 5.75 Å². The molecule has 51 heavy (non-hydrogen) atoms. The molecular weight excluding hydrogens is 695 g/mol. The number of piperazine rings is 1. The number of pyridine rings is 1. The zero-order valence-corrected chi connectivity index (χ0v) is 28.7. The molecule has 6 rings (SSSR count). The van der Waals surface area contributed by atoms with Gasteiger partial charge in [-0.3, -0.25) is 14.4 Å². The number of anilines is 3. The lowest BCUT2D eigenvalue weighted by Crippen LogP contribution is -2.50.